The van der Waals surface area contributed by atoms with Crippen molar-refractivity contribution < 1.29 is 0 Å². The third-order valence-corrected chi connectivity index (χ3v) is 2.82. The van der Waals surface area contributed by atoms with Crippen molar-refractivity contribution >= 4 is 21.6 Å². The molecule has 0 saturated carbocycles. The lowest BCUT2D eigenvalue weighted by atomic mass is 10.2. The van der Waals surface area contributed by atoms with Crippen LogP contribution in [-0.2, 0) is 6.54 Å². The van der Waals surface area contributed by atoms with Crippen LogP contribution in [0.25, 0.3) is 0 Å². The molecule has 0 aliphatic heterocycles. The Morgan fingerprint density at radius 2 is 1.94 bits per heavy atom. The molecule has 1 N–H and O–H groups in total. The van der Waals surface area contributed by atoms with Crippen LogP contribution in [0, 0.1) is 11.3 Å². The average Bonchev–Trinajstić information content (AvgIpc) is 2.39. The van der Waals surface area contributed by atoms with Gasteiger partial charge in [0.2, 0.25) is 0 Å². The number of aromatic nitrogens is 1. The molecule has 0 spiro atoms. The van der Waals surface area contributed by atoms with E-state index in [0.29, 0.717) is 5.69 Å². The van der Waals surface area contributed by atoms with Crippen LogP contribution >= 0.6 is 15.9 Å². The van der Waals surface area contributed by atoms with E-state index < -0.39 is 0 Å². The standard InChI is InChI=1S/C13H10BrN3/c14-11-3-1-10(2-4-11)8-16-13-6-5-12(7-15)17-9-13/h1-6,9,16H,8H2. The largest absolute Gasteiger partial charge is 0.380 e. The molecule has 1 aromatic carbocycles. The number of nitrogens with one attached hydrogen (secondary N) is 1. The van der Waals surface area contributed by atoms with Gasteiger partial charge in [-0.1, -0.05) is 28.1 Å². The number of nitrogens with zero attached hydrogens (tertiary/aromatic N) is 2. The van der Waals surface area contributed by atoms with E-state index in [4.69, 9.17) is 5.26 Å². The summed E-state index contributed by atoms with van der Waals surface area (Å²) in [7, 11) is 0. The Morgan fingerprint density at radius 3 is 2.53 bits per heavy atom. The monoisotopic (exact) mass is 287 g/mol. The molecule has 1 heterocycles. The molecule has 0 aliphatic carbocycles. The van der Waals surface area contributed by atoms with E-state index in [1.165, 1.54) is 5.56 Å². The summed E-state index contributed by atoms with van der Waals surface area (Å²) in [5.41, 5.74) is 2.53. The average molecular weight is 288 g/mol. The first-order valence-electron chi connectivity index (χ1n) is 5.12. The molecule has 2 aromatic rings. The van der Waals surface area contributed by atoms with Gasteiger partial charge in [-0.2, -0.15) is 5.26 Å². The quantitative estimate of drug-likeness (QED) is 0.942. The molecular weight excluding hydrogens is 278 g/mol. The van der Waals surface area contributed by atoms with Gasteiger partial charge in [0.1, 0.15) is 11.8 Å². The summed E-state index contributed by atoms with van der Waals surface area (Å²) in [6.07, 6.45) is 1.66. The summed E-state index contributed by atoms with van der Waals surface area (Å²) in [5, 5.41) is 11.9. The van der Waals surface area contributed by atoms with Gasteiger partial charge in [0, 0.05) is 11.0 Å². The lowest BCUT2D eigenvalue weighted by molar-refractivity contribution is 1.13. The highest BCUT2D eigenvalue weighted by molar-refractivity contribution is 9.10. The Bertz CT molecular complexity index is 526. The minimum atomic E-state index is 0.430. The van der Waals surface area contributed by atoms with Crippen molar-refractivity contribution in [2.45, 2.75) is 6.54 Å². The maximum atomic E-state index is 8.63. The van der Waals surface area contributed by atoms with Crippen LogP contribution < -0.4 is 5.32 Å². The Kier molecular flexibility index (Phi) is 3.73. The van der Waals surface area contributed by atoms with Gasteiger partial charge >= 0.3 is 0 Å². The highest BCUT2D eigenvalue weighted by Gasteiger charge is 1.96. The molecule has 4 heteroatoms. The van der Waals surface area contributed by atoms with Gasteiger partial charge in [-0.25, -0.2) is 4.98 Å². The number of halogens is 1. The number of rotatable bonds is 3. The molecule has 3 nitrogen and oxygen atoms in total. The fourth-order valence-corrected chi connectivity index (χ4v) is 1.64. The molecule has 84 valence electrons. The number of hydrogen-bond donors (Lipinski definition) is 1. The molecule has 0 fully saturated rings. The summed E-state index contributed by atoms with van der Waals surface area (Å²) in [5.74, 6) is 0. The second-order valence-electron chi connectivity index (χ2n) is 3.52. The molecule has 0 saturated heterocycles. The normalized spacial score (nSPS) is 9.65. The van der Waals surface area contributed by atoms with Crippen molar-refractivity contribution in [1.29, 1.82) is 5.26 Å². The second kappa shape index (κ2) is 5.46. The van der Waals surface area contributed by atoms with E-state index in [1.807, 2.05) is 36.4 Å². The molecular formula is C13H10BrN3. The van der Waals surface area contributed by atoms with Crippen LogP contribution in [0.15, 0.2) is 47.1 Å². The summed E-state index contributed by atoms with van der Waals surface area (Å²) >= 11 is 3.40. The van der Waals surface area contributed by atoms with Crippen LogP contribution in [0.3, 0.4) is 0 Å². The van der Waals surface area contributed by atoms with Crippen LogP contribution in [0.4, 0.5) is 5.69 Å². The molecule has 0 radical (unpaired) electrons. The van der Waals surface area contributed by atoms with E-state index in [9.17, 15) is 0 Å². The first-order valence-corrected chi connectivity index (χ1v) is 5.92. The zero-order valence-corrected chi connectivity index (χ0v) is 10.6. The fourth-order valence-electron chi connectivity index (χ4n) is 1.37. The first kappa shape index (κ1) is 11.6. The van der Waals surface area contributed by atoms with Crippen molar-refractivity contribution in [3.63, 3.8) is 0 Å². The maximum Gasteiger partial charge on any atom is 0.140 e. The molecule has 2 rings (SSSR count). The summed E-state index contributed by atoms with van der Waals surface area (Å²) in [4.78, 5) is 3.99. The smallest absolute Gasteiger partial charge is 0.140 e. The number of nitriles is 1. The Balaban J connectivity index is 1.98. The van der Waals surface area contributed by atoms with Crippen molar-refractivity contribution in [2.24, 2.45) is 0 Å². The van der Waals surface area contributed by atoms with Gasteiger partial charge in [-0.05, 0) is 29.8 Å². The highest BCUT2D eigenvalue weighted by atomic mass is 79.9. The third-order valence-electron chi connectivity index (χ3n) is 2.29. The maximum absolute atomic E-state index is 8.63. The lowest BCUT2D eigenvalue weighted by Crippen LogP contribution is -1.99. The zero-order valence-electron chi connectivity index (χ0n) is 9.02. The third kappa shape index (κ3) is 3.30. The first-order chi connectivity index (χ1) is 8.28. The number of hydrogen-bond acceptors (Lipinski definition) is 3. The molecule has 1 aromatic heterocycles. The Morgan fingerprint density at radius 1 is 1.18 bits per heavy atom. The predicted octanol–water partition coefficient (Wildman–Crippen LogP) is 3.33. The zero-order chi connectivity index (χ0) is 12.1. The Labute approximate surface area is 108 Å². The summed E-state index contributed by atoms with van der Waals surface area (Å²) in [6, 6.07) is 13.7. The van der Waals surface area contributed by atoms with Gasteiger partial charge in [0.15, 0.2) is 0 Å². The number of anilines is 1. The minimum Gasteiger partial charge on any atom is -0.380 e. The lowest BCUT2D eigenvalue weighted by Gasteiger charge is -2.06. The number of pyridine rings is 1. The van der Waals surface area contributed by atoms with Crippen LogP contribution in [-0.4, -0.2) is 4.98 Å². The number of benzene rings is 1. The molecule has 0 bridgehead atoms. The van der Waals surface area contributed by atoms with Crippen molar-refractivity contribution in [2.75, 3.05) is 5.32 Å². The molecule has 17 heavy (non-hydrogen) atoms. The van der Waals surface area contributed by atoms with E-state index in [0.717, 1.165) is 16.7 Å². The van der Waals surface area contributed by atoms with E-state index in [-0.39, 0.29) is 0 Å². The van der Waals surface area contributed by atoms with Gasteiger partial charge in [0.25, 0.3) is 0 Å². The predicted molar refractivity (Wildman–Crippen MR) is 70.4 cm³/mol. The summed E-state index contributed by atoms with van der Waals surface area (Å²) in [6.45, 7) is 0.737. The van der Waals surface area contributed by atoms with Gasteiger partial charge in [0.05, 0.1) is 11.9 Å². The molecule has 0 unspecified atom stereocenters. The van der Waals surface area contributed by atoms with E-state index in [2.05, 4.69) is 26.2 Å². The van der Waals surface area contributed by atoms with Crippen molar-refractivity contribution in [3.05, 3.63) is 58.3 Å². The van der Waals surface area contributed by atoms with Gasteiger partial charge in [-0.15, -0.1) is 0 Å². The van der Waals surface area contributed by atoms with Gasteiger partial charge in [-0.3, -0.25) is 0 Å². The van der Waals surface area contributed by atoms with E-state index >= 15 is 0 Å². The molecule has 0 aliphatic rings. The molecule has 0 amide bonds. The van der Waals surface area contributed by atoms with Crippen molar-refractivity contribution in [1.82, 2.24) is 4.98 Å². The van der Waals surface area contributed by atoms with Crippen molar-refractivity contribution in [3.8, 4) is 6.07 Å². The Hall–Kier alpha value is -1.86. The SMILES string of the molecule is N#Cc1ccc(NCc2ccc(Br)cc2)cn1. The topological polar surface area (TPSA) is 48.7 Å². The molecule has 0 atom stereocenters. The van der Waals surface area contributed by atoms with E-state index in [1.54, 1.807) is 12.3 Å². The second-order valence-corrected chi connectivity index (χ2v) is 4.44. The summed E-state index contributed by atoms with van der Waals surface area (Å²) < 4.78 is 1.07. The van der Waals surface area contributed by atoms with Crippen LogP contribution in [0.5, 0.6) is 0 Å². The van der Waals surface area contributed by atoms with Crippen LogP contribution in [0.2, 0.25) is 0 Å². The fraction of sp³-hybridized carbons (Fsp3) is 0.0769. The highest BCUT2D eigenvalue weighted by Crippen LogP contribution is 2.12. The van der Waals surface area contributed by atoms with Crippen LogP contribution in [0.1, 0.15) is 11.3 Å². The van der Waals surface area contributed by atoms with Gasteiger partial charge < -0.3 is 5.32 Å². The minimum absolute atomic E-state index is 0.430.